The van der Waals surface area contributed by atoms with E-state index in [1.807, 2.05) is 20.8 Å². The van der Waals surface area contributed by atoms with Crippen molar-refractivity contribution in [1.82, 2.24) is 9.80 Å². The summed E-state index contributed by atoms with van der Waals surface area (Å²) in [6, 6.07) is 0.580. The summed E-state index contributed by atoms with van der Waals surface area (Å²) in [5.41, 5.74) is 5.30. The van der Waals surface area contributed by atoms with Crippen molar-refractivity contribution in [2.24, 2.45) is 5.73 Å². The molecule has 0 saturated carbocycles. The fourth-order valence-electron chi connectivity index (χ4n) is 2.91. The third-order valence-corrected chi connectivity index (χ3v) is 3.88. The van der Waals surface area contributed by atoms with Gasteiger partial charge in [-0.15, -0.1) is 0 Å². The Morgan fingerprint density at radius 2 is 1.95 bits per heavy atom. The van der Waals surface area contributed by atoms with E-state index in [2.05, 4.69) is 16.7 Å². The Hall–Kier alpha value is -0.650. The second kappa shape index (κ2) is 8.71. The Bertz CT molecular complexity index is 315. The van der Waals surface area contributed by atoms with E-state index in [0.717, 1.165) is 52.0 Å². The van der Waals surface area contributed by atoms with Crippen molar-refractivity contribution in [3.05, 3.63) is 0 Å². The zero-order valence-electron chi connectivity index (χ0n) is 14.2. The van der Waals surface area contributed by atoms with Crippen LogP contribution in [-0.4, -0.2) is 66.7 Å². The van der Waals surface area contributed by atoms with Gasteiger partial charge in [-0.25, -0.2) is 0 Å². The van der Waals surface area contributed by atoms with Crippen molar-refractivity contribution in [3.8, 4) is 0 Å². The highest BCUT2D eigenvalue weighted by Crippen LogP contribution is 2.13. The number of carbonyl (C=O) groups is 1. The van der Waals surface area contributed by atoms with Crippen molar-refractivity contribution >= 4 is 5.97 Å². The minimum absolute atomic E-state index is 0.120. The fourth-order valence-corrected chi connectivity index (χ4v) is 2.91. The average Bonchev–Trinajstić information content (AvgIpc) is 2.59. The molecule has 124 valence electrons. The smallest absolute Gasteiger partial charge is 0.320 e. The topological polar surface area (TPSA) is 58.8 Å². The molecule has 0 bridgehead atoms. The molecule has 0 aromatic rings. The average molecular weight is 299 g/mol. The Kier molecular flexibility index (Phi) is 7.63. The van der Waals surface area contributed by atoms with E-state index in [1.165, 1.54) is 0 Å². The molecule has 1 unspecified atom stereocenters. The van der Waals surface area contributed by atoms with Crippen LogP contribution in [-0.2, 0) is 9.53 Å². The van der Waals surface area contributed by atoms with Gasteiger partial charge in [0.05, 0.1) is 6.54 Å². The molecule has 1 aliphatic heterocycles. The summed E-state index contributed by atoms with van der Waals surface area (Å²) < 4.78 is 5.40. The molecule has 1 fully saturated rings. The third-order valence-electron chi connectivity index (χ3n) is 3.88. The van der Waals surface area contributed by atoms with Crippen LogP contribution in [0.25, 0.3) is 0 Å². The van der Waals surface area contributed by atoms with Crippen LogP contribution in [0.5, 0.6) is 0 Å². The van der Waals surface area contributed by atoms with Crippen LogP contribution >= 0.6 is 0 Å². The minimum atomic E-state index is -0.399. The lowest BCUT2D eigenvalue weighted by atomic mass is 10.1. The molecule has 0 aliphatic carbocycles. The molecular weight excluding hydrogens is 266 g/mol. The molecule has 5 heteroatoms. The van der Waals surface area contributed by atoms with E-state index in [9.17, 15) is 4.79 Å². The first-order valence-electron chi connectivity index (χ1n) is 8.24. The van der Waals surface area contributed by atoms with Gasteiger partial charge in [0.1, 0.15) is 5.60 Å². The van der Waals surface area contributed by atoms with Gasteiger partial charge in [0.15, 0.2) is 0 Å². The maximum atomic E-state index is 11.9. The molecular formula is C16H33N3O2. The molecule has 1 rings (SSSR count). The number of hydrogen-bond acceptors (Lipinski definition) is 5. The normalized spacial score (nSPS) is 20.0. The third kappa shape index (κ3) is 7.25. The van der Waals surface area contributed by atoms with Gasteiger partial charge in [-0.05, 0) is 53.1 Å². The van der Waals surface area contributed by atoms with E-state index in [4.69, 9.17) is 10.5 Å². The summed E-state index contributed by atoms with van der Waals surface area (Å²) in [6.45, 7) is 13.1. The maximum absolute atomic E-state index is 11.9. The Morgan fingerprint density at radius 3 is 2.52 bits per heavy atom. The molecule has 21 heavy (non-hydrogen) atoms. The van der Waals surface area contributed by atoms with Gasteiger partial charge in [0, 0.05) is 25.7 Å². The first kappa shape index (κ1) is 18.4. The number of nitrogens with two attached hydrogens (primary N) is 1. The second-order valence-electron chi connectivity index (χ2n) is 6.89. The molecule has 1 aliphatic rings. The van der Waals surface area contributed by atoms with E-state index in [1.54, 1.807) is 0 Å². The molecule has 0 radical (unpaired) electrons. The minimum Gasteiger partial charge on any atom is -0.459 e. The highest BCUT2D eigenvalue weighted by Gasteiger charge is 2.23. The lowest BCUT2D eigenvalue weighted by Gasteiger charge is -2.29. The predicted octanol–water partition coefficient (Wildman–Crippen LogP) is 1.46. The summed E-state index contributed by atoms with van der Waals surface area (Å²) >= 11 is 0. The van der Waals surface area contributed by atoms with Crippen LogP contribution in [0.15, 0.2) is 0 Å². The molecule has 1 saturated heterocycles. The van der Waals surface area contributed by atoms with Crippen molar-refractivity contribution in [2.75, 3.05) is 39.3 Å². The van der Waals surface area contributed by atoms with E-state index in [-0.39, 0.29) is 5.97 Å². The molecule has 1 heterocycles. The van der Waals surface area contributed by atoms with Crippen molar-refractivity contribution < 1.29 is 9.53 Å². The summed E-state index contributed by atoms with van der Waals surface area (Å²) in [5, 5.41) is 0. The van der Waals surface area contributed by atoms with Crippen LogP contribution in [0.3, 0.4) is 0 Å². The molecule has 0 aromatic heterocycles. The summed E-state index contributed by atoms with van der Waals surface area (Å²) in [5.74, 6) is -0.120. The van der Waals surface area contributed by atoms with Crippen LogP contribution in [0, 0.1) is 0 Å². The zero-order chi connectivity index (χ0) is 15.9. The second-order valence-corrected chi connectivity index (χ2v) is 6.89. The van der Waals surface area contributed by atoms with Crippen molar-refractivity contribution in [2.45, 2.75) is 58.6 Å². The van der Waals surface area contributed by atoms with Gasteiger partial charge in [0.2, 0.25) is 0 Å². The van der Waals surface area contributed by atoms with Gasteiger partial charge >= 0.3 is 5.97 Å². The summed E-state index contributed by atoms with van der Waals surface area (Å²) in [7, 11) is 0. The quantitative estimate of drug-likeness (QED) is 0.753. The number of rotatable bonds is 6. The van der Waals surface area contributed by atoms with Crippen molar-refractivity contribution in [1.29, 1.82) is 0 Å². The Balaban J connectivity index is 2.43. The summed E-state index contributed by atoms with van der Waals surface area (Å²) in [6.07, 6.45) is 3.30. The van der Waals surface area contributed by atoms with E-state index in [0.29, 0.717) is 12.6 Å². The summed E-state index contributed by atoms with van der Waals surface area (Å²) in [4.78, 5) is 16.7. The first-order valence-corrected chi connectivity index (χ1v) is 8.24. The van der Waals surface area contributed by atoms with Gasteiger partial charge < -0.3 is 10.5 Å². The zero-order valence-corrected chi connectivity index (χ0v) is 14.2. The van der Waals surface area contributed by atoms with Gasteiger partial charge in [0.25, 0.3) is 0 Å². The fraction of sp³-hybridized carbons (Fsp3) is 0.938. The highest BCUT2D eigenvalue weighted by molar-refractivity contribution is 5.72. The molecule has 0 spiro atoms. The molecule has 2 N–H and O–H groups in total. The Morgan fingerprint density at radius 1 is 1.24 bits per heavy atom. The van der Waals surface area contributed by atoms with E-state index < -0.39 is 5.60 Å². The number of nitrogens with zero attached hydrogens (tertiary/aromatic N) is 2. The number of hydrogen-bond donors (Lipinski definition) is 1. The lowest BCUT2D eigenvalue weighted by molar-refractivity contribution is -0.156. The SMILES string of the molecule is CCC(CCN)N1CCCN(CC(=O)OC(C)(C)C)CC1. The van der Waals surface area contributed by atoms with Crippen LogP contribution in [0.1, 0.15) is 47.0 Å². The van der Waals surface area contributed by atoms with Gasteiger partial charge in [-0.1, -0.05) is 6.92 Å². The molecule has 1 atom stereocenters. The maximum Gasteiger partial charge on any atom is 0.320 e. The standard InChI is InChI=1S/C16H33N3O2/c1-5-14(7-8-17)19-10-6-9-18(11-12-19)13-15(20)21-16(2,3)4/h14H,5-13,17H2,1-4H3. The monoisotopic (exact) mass is 299 g/mol. The van der Waals surface area contributed by atoms with Crippen LogP contribution < -0.4 is 5.73 Å². The van der Waals surface area contributed by atoms with Crippen LogP contribution in [0.2, 0.25) is 0 Å². The van der Waals surface area contributed by atoms with Gasteiger partial charge in [-0.2, -0.15) is 0 Å². The van der Waals surface area contributed by atoms with Gasteiger partial charge in [-0.3, -0.25) is 14.6 Å². The number of ether oxygens (including phenoxy) is 1. The Labute approximate surface area is 129 Å². The van der Waals surface area contributed by atoms with E-state index >= 15 is 0 Å². The van der Waals surface area contributed by atoms with Crippen LogP contribution in [0.4, 0.5) is 0 Å². The predicted molar refractivity (Wildman–Crippen MR) is 86.2 cm³/mol. The molecule has 0 amide bonds. The highest BCUT2D eigenvalue weighted by atomic mass is 16.6. The lowest BCUT2D eigenvalue weighted by Crippen LogP contribution is -2.40. The van der Waals surface area contributed by atoms with Crippen molar-refractivity contribution in [3.63, 3.8) is 0 Å². The molecule has 0 aromatic carbocycles. The number of esters is 1. The first-order chi connectivity index (χ1) is 9.85. The largest absolute Gasteiger partial charge is 0.459 e. The molecule has 5 nitrogen and oxygen atoms in total. The number of carbonyl (C=O) groups excluding carboxylic acids is 1.